The van der Waals surface area contributed by atoms with Crippen LogP contribution in [0, 0.1) is 0 Å². The van der Waals surface area contributed by atoms with E-state index in [4.69, 9.17) is 0 Å². The number of benzene rings is 17. The van der Waals surface area contributed by atoms with Crippen LogP contribution in [0.2, 0.25) is 0 Å². The highest BCUT2D eigenvalue weighted by molar-refractivity contribution is 6.30. The third-order valence-corrected chi connectivity index (χ3v) is 23.4. The minimum absolute atomic E-state index is 0.109. The van der Waals surface area contributed by atoms with Crippen LogP contribution in [0.5, 0.6) is 0 Å². The summed E-state index contributed by atoms with van der Waals surface area (Å²) in [6, 6.07) is 120. The van der Waals surface area contributed by atoms with Crippen LogP contribution >= 0.6 is 0 Å². The van der Waals surface area contributed by atoms with E-state index in [0.717, 1.165) is 0 Å². The first-order valence-electron chi connectivity index (χ1n) is 35.2. The molecule has 0 N–H and O–H groups in total. The second-order valence-electron chi connectivity index (χ2n) is 29.7. The van der Waals surface area contributed by atoms with Gasteiger partial charge in [-0.1, -0.05) is 321 Å². The molecule has 0 aliphatic heterocycles. The van der Waals surface area contributed by atoms with E-state index in [2.05, 4.69) is 357 Å². The van der Waals surface area contributed by atoms with E-state index in [1.54, 1.807) is 0 Å². The average Bonchev–Trinajstić information content (AvgIpc) is 1.17. The fourth-order valence-corrected chi connectivity index (χ4v) is 18.7. The topological polar surface area (TPSA) is 0 Å². The lowest BCUT2D eigenvalue weighted by Gasteiger charge is -2.25. The molecule has 0 spiro atoms. The van der Waals surface area contributed by atoms with Crippen LogP contribution < -0.4 is 0 Å². The van der Waals surface area contributed by atoms with Crippen LogP contribution in [0.1, 0.15) is 74.9 Å². The summed E-state index contributed by atoms with van der Waals surface area (Å²) >= 11 is 0. The third kappa shape index (κ3) is 8.27. The standard InChI is InChI=1S/C99H70/c1-97(2)85-42-23-22-29-67(85)68-50-45-64(56-88(68)97)93-77-34-14-18-38-81(77)95(82-39-19-15-35-78(82)93)96-83-40-20-16-36-79(83)94(80-37-17-21-41-84(80)96)66-47-52-72-70-49-44-62(55-87(70)99(5,6)90(72)58-66)61-43-48-69-71-51-46-65(57-89(71)98(3,4)86(69)54-61)92-75-32-12-10-30-73(75)91(74-31-11-13-33-76(74)92)63-28-24-27-60(53-63)59-25-8-7-9-26-59/h7-58H,1-6H3. The Morgan fingerprint density at radius 1 is 0.141 bits per heavy atom. The number of rotatable bonds is 7. The Bertz CT molecular complexity index is 6190. The summed E-state index contributed by atoms with van der Waals surface area (Å²) in [4.78, 5) is 0. The first kappa shape index (κ1) is 57.5. The van der Waals surface area contributed by atoms with Crippen molar-refractivity contribution in [3.05, 3.63) is 349 Å². The molecule has 0 unspecified atom stereocenters. The molecule has 0 amide bonds. The van der Waals surface area contributed by atoms with Crippen LogP contribution in [-0.4, -0.2) is 0 Å². The van der Waals surface area contributed by atoms with Gasteiger partial charge in [-0.25, -0.2) is 0 Å². The Morgan fingerprint density at radius 3 is 0.687 bits per heavy atom. The largest absolute Gasteiger partial charge is 0.0622 e. The van der Waals surface area contributed by atoms with E-state index in [9.17, 15) is 0 Å². The van der Waals surface area contributed by atoms with Gasteiger partial charge in [-0.2, -0.15) is 0 Å². The van der Waals surface area contributed by atoms with Crippen LogP contribution in [0.15, 0.2) is 315 Å². The van der Waals surface area contributed by atoms with Gasteiger partial charge in [-0.05, 0) is 246 Å². The van der Waals surface area contributed by atoms with E-state index < -0.39 is 0 Å². The lowest BCUT2D eigenvalue weighted by Crippen LogP contribution is -2.15. The van der Waals surface area contributed by atoms with E-state index >= 15 is 0 Å². The smallest absolute Gasteiger partial charge is 0.0159 e. The van der Waals surface area contributed by atoms with Crippen LogP contribution in [-0.2, 0) is 16.2 Å². The maximum absolute atomic E-state index is 2.53. The summed E-state index contributed by atoms with van der Waals surface area (Å²) in [6.45, 7) is 14.5. The van der Waals surface area contributed by atoms with Gasteiger partial charge in [-0.15, -0.1) is 0 Å². The zero-order valence-electron chi connectivity index (χ0n) is 56.5. The SMILES string of the molecule is CC1(C)c2cc(-c3ccc4c(c3)C(C)(C)c3cc(-c5c6ccccc6c(-c6c7ccccc7c(-c7ccc8c(c7)C(C)(C)c7ccccc7-8)c7ccccc67)c6ccccc56)ccc3-4)ccc2-c2ccc(-c3c4ccccc4c(-c4cccc(-c5ccccc5)c4)c4ccccc34)cc21. The van der Waals surface area contributed by atoms with Gasteiger partial charge >= 0.3 is 0 Å². The van der Waals surface area contributed by atoms with Crippen molar-refractivity contribution in [3.63, 3.8) is 0 Å². The zero-order valence-corrected chi connectivity index (χ0v) is 56.5. The molecule has 0 saturated heterocycles. The first-order valence-corrected chi connectivity index (χ1v) is 35.2. The van der Waals surface area contributed by atoms with Crippen molar-refractivity contribution in [2.45, 2.75) is 57.8 Å². The molecule has 0 saturated carbocycles. The van der Waals surface area contributed by atoms with Crippen molar-refractivity contribution >= 4 is 64.6 Å². The van der Waals surface area contributed by atoms with Gasteiger partial charge in [0.15, 0.2) is 0 Å². The molecule has 17 aromatic rings. The number of fused-ring (bicyclic) bond motifs is 15. The minimum Gasteiger partial charge on any atom is -0.0622 e. The second-order valence-corrected chi connectivity index (χ2v) is 29.7. The number of hydrogen-bond acceptors (Lipinski definition) is 0. The molecule has 0 heteroatoms. The molecule has 0 atom stereocenters. The fraction of sp³-hybridized carbons (Fsp3) is 0.0909. The van der Waals surface area contributed by atoms with E-state index in [1.807, 2.05) is 0 Å². The molecule has 0 radical (unpaired) electrons. The fourth-order valence-electron chi connectivity index (χ4n) is 18.7. The Labute approximate surface area is 578 Å². The summed E-state index contributed by atoms with van der Waals surface area (Å²) in [5, 5.41) is 15.2. The van der Waals surface area contributed by atoms with Gasteiger partial charge in [0.05, 0.1) is 0 Å². The Hall–Kier alpha value is -11.7. The van der Waals surface area contributed by atoms with Gasteiger partial charge in [-0.3, -0.25) is 0 Å². The maximum Gasteiger partial charge on any atom is 0.0159 e. The van der Waals surface area contributed by atoms with Crippen molar-refractivity contribution in [1.29, 1.82) is 0 Å². The van der Waals surface area contributed by atoms with E-state index in [-0.39, 0.29) is 16.2 Å². The average molecular weight is 1260 g/mol. The van der Waals surface area contributed by atoms with Crippen LogP contribution in [0.4, 0.5) is 0 Å². The molecular formula is C99H70. The summed E-state index contributed by atoms with van der Waals surface area (Å²) in [6.07, 6.45) is 0. The number of hydrogen-bond donors (Lipinski definition) is 0. The highest BCUT2D eigenvalue weighted by atomic mass is 14.4. The molecule has 0 fully saturated rings. The molecule has 466 valence electrons. The molecule has 0 nitrogen and oxygen atoms in total. The molecule has 3 aliphatic rings. The van der Waals surface area contributed by atoms with Gasteiger partial charge < -0.3 is 0 Å². The molecule has 0 heterocycles. The third-order valence-electron chi connectivity index (χ3n) is 23.4. The molecule has 0 bridgehead atoms. The quantitative estimate of drug-likeness (QED) is 0.140. The van der Waals surface area contributed by atoms with Crippen molar-refractivity contribution in [2.75, 3.05) is 0 Å². The van der Waals surface area contributed by atoms with Gasteiger partial charge in [0, 0.05) is 16.2 Å². The summed E-state index contributed by atoms with van der Waals surface area (Å²) in [5.41, 5.74) is 33.3. The van der Waals surface area contributed by atoms with Gasteiger partial charge in [0.25, 0.3) is 0 Å². The molecule has 0 aromatic heterocycles. The molecule has 3 aliphatic carbocycles. The Morgan fingerprint density at radius 2 is 0.354 bits per heavy atom. The maximum atomic E-state index is 2.53. The normalized spacial score (nSPS) is 14.2. The minimum atomic E-state index is -0.262. The Kier molecular flexibility index (Phi) is 12.3. The molecule has 99 heavy (non-hydrogen) atoms. The summed E-state index contributed by atoms with van der Waals surface area (Å²) < 4.78 is 0. The van der Waals surface area contributed by atoms with Gasteiger partial charge in [0.1, 0.15) is 0 Å². The Balaban J connectivity index is 0.660. The van der Waals surface area contributed by atoms with Crippen molar-refractivity contribution in [1.82, 2.24) is 0 Å². The first-order chi connectivity index (χ1) is 48.4. The van der Waals surface area contributed by atoms with Crippen molar-refractivity contribution in [3.8, 4) is 111 Å². The highest BCUT2D eigenvalue weighted by Gasteiger charge is 2.40. The van der Waals surface area contributed by atoms with Crippen molar-refractivity contribution in [2.24, 2.45) is 0 Å². The predicted octanol–water partition coefficient (Wildman–Crippen LogP) is 27.2. The monoisotopic (exact) mass is 1260 g/mol. The summed E-state index contributed by atoms with van der Waals surface area (Å²) in [5.74, 6) is 0. The summed E-state index contributed by atoms with van der Waals surface area (Å²) in [7, 11) is 0. The second kappa shape index (κ2) is 21.2. The van der Waals surface area contributed by atoms with E-state index in [0.29, 0.717) is 0 Å². The van der Waals surface area contributed by atoms with Crippen LogP contribution in [0.25, 0.3) is 176 Å². The van der Waals surface area contributed by atoms with Crippen LogP contribution in [0.3, 0.4) is 0 Å². The lowest BCUT2D eigenvalue weighted by molar-refractivity contribution is 0.660. The van der Waals surface area contributed by atoms with E-state index in [1.165, 1.54) is 209 Å². The van der Waals surface area contributed by atoms with Crippen molar-refractivity contribution < 1.29 is 0 Å². The predicted molar refractivity (Wildman–Crippen MR) is 422 cm³/mol. The zero-order chi connectivity index (χ0) is 66.2. The molecule has 17 aromatic carbocycles. The highest BCUT2D eigenvalue weighted by Crippen LogP contribution is 2.58. The molecule has 20 rings (SSSR count). The van der Waals surface area contributed by atoms with Gasteiger partial charge in [0.2, 0.25) is 0 Å². The molecular weight excluding hydrogens is 1190 g/mol. The lowest BCUT2D eigenvalue weighted by atomic mass is 9.78.